The molecule has 5 rings (SSSR count). The van der Waals surface area contributed by atoms with Crippen LogP contribution in [0.5, 0.6) is 0 Å². The molecule has 0 radical (unpaired) electrons. The normalized spacial score (nSPS) is 17.2. The van der Waals surface area contributed by atoms with Crippen molar-refractivity contribution in [2.45, 2.75) is 38.7 Å². The first kappa shape index (κ1) is 28.6. The van der Waals surface area contributed by atoms with E-state index in [2.05, 4.69) is 15.4 Å². The number of halogens is 6. The van der Waals surface area contributed by atoms with E-state index in [4.69, 9.17) is 0 Å². The number of pyridine rings is 1. The van der Waals surface area contributed by atoms with E-state index < -0.39 is 51.0 Å². The summed E-state index contributed by atoms with van der Waals surface area (Å²) in [6.45, 7) is 3.42. The molecule has 2 aromatic carbocycles. The number of aromatic nitrogens is 3. The summed E-state index contributed by atoms with van der Waals surface area (Å²) in [6, 6.07) is 8.71. The molecule has 1 aliphatic rings. The minimum atomic E-state index is -5.09. The Morgan fingerprint density at radius 2 is 1.56 bits per heavy atom. The predicted octanol–water partition coefficient (Wildman–Crippen LogP) is 6.36. The summed E-state index contributed by atoms with van der Waals surface area (Å²) in [7, 11) is -3.32. The molecular weight excluding hydrogens is 574 g/mol. The molecule has 41 heavy (non-hydrogen) atoms. The zero-order valence-corrected chi connectivity index (χ0v) is 22.4. The predicted molar refractivity (Wildman–Crippen MR) is 139 cm³/mol. The van der Waals surface area contributed by atoms with Gasteiger partial charge < -0.3 is 5.32 Å². The molecule has 0 spiro atoms. The van der Waals surface area contributed by atoms with Crippen LogP contribution in [0.2, 0.25) is 0 Å². The maximum Gasteiger partial charge on any atom is 0.416 e. The highest BCUT2D eigenvalue weighted by molar-refractivity contribution is 7.91. The van der Waals surface area contributed by atoms with Gasteiger partial charge in [-0.05, 0) is 44.5 Å². The van der Waals surface area contributed by atoms with E-state index in [1.165, 1.54) is 10.7 Å². The van der Waals surface area contributed by atoms with Crippen molar-refractivity contribution < 1.29 is 39.6 Å². The summed E-state index contributed by atoms with van der Waals surface area (Å²) < 4.78 is 106. The largest absolute Gasteiger partial charge is 0.416 e. The van der Waals surface area contributed by atoms with Gasteiger partial charge in [-0.3, -0.25) is 4.79 Å². The van der Waals surface area contributed by atoms with Crippen molar-refractivity contribution in [1.29, 1.82) is 0 Å². The third-order valence-electron chi connectivity index (χ3n) is 6.83. The first-order chi connectivity index (χ1) is 19.0. The van der Waals surface area contributed by atoms with Crippen LogP contribution in [0, 0.1) is 13.8 Å². The van der Waals surface area contributed by atoms with Crippen LogP contribution in [0.1, 0.15) is 45.2 Å². The van der Waals surface area contributed by atoms with Gasteiger partial charge in [-0.1, -0.05) is 29.8 Å². The van der Waals surface area contributed by atoms with Gasteiger partial charge in [0, 0.05) is 11.3 Å². The zero-order valence-electron chi connectivity index (χ0n) is 21.6. The van der Waals surface area contributed by atoms with Gasteiger partial charge in [0.1, 0.15) is 0 Å². The zero-order chi connectivity index (χ0) is 29.9. The Labute approximate surface area is 230 Å². The van der Waals surface area contributed by atoms with Crippen molar-refractivity contribution in [3.8, 4) is 11.3 Å². The topological polar surface area (TPSA) is 94.0 Å². The number of sulfone groups is 1. The molecule has 0 aliphatic carbocycles. The number of hydrogen-bond donors (Lipinski definition) is 1. The van der Waals surface area contributed by atoms with Gasteiger partial charge in [-0.15, -0.1) is 0 Å². The first-order valence-electron chi connectivity index (χ1n) is 12.3. The molecule has 14 heteroatoms. The van der Waals surface area contributed by atoms with Gasteiger partial charge in [-0.25, -0.2) is 18.1 Å². The highest BCUT2D eigenvalue weighted by Gasteiger charge is 2.37. The van der Waals surface area contributed by atoms with Crippen LogP contribution in [-0.4, -0.2) is 40.6 Å². The summed E-state index contributed by atoms with van der Waals surface area (Å²) in [6.07, 6.45) is -9.92. The van der Waals surface area contributed by atoms with Crippen LogP contribution in [-0.2, 0) is 22.2 Å². The third kappa shape index (κ3) is 5.78. The Morgan fingerprint density at radius 3 is 2.10 bits per heavy atom. The Hall–Kier alpha value is -3.94. The average molecular weight is 597 g/mol. The average Bonchev–Trinajstić information content (AvgIpc) is 3.41. The van der Waals surface area contributed by atoms with Gasteiger partial charge in [0.15, 0.2) is 15.5 Å². The molecule has 1 amide bonds. The lowest BCUT2D eigenvalue weighted by Crippen LogP contribution is -2.17. The van der Waals surface area contributed by atoms with E-state index in [-0.39, 0.29) is 52.0 Å². The number of amides is 1. The number of aryl methyl sites for hydroxylation is 2. The summed E-state index contributed by atoms with van der Waals surface area (Å²) in [5.74, 6) is -1.23. The summed E-state index contributed by atoms with van der Waals surface area (Å²) in [4.78, 5) is 18.2. The van der Waals surface area contributed by atoms with Crippen molar-refractivity contribution in [1.82, 2.24) is 14.8 Å². The van der Waals surface area contributed by atoms with E-state index >= 15 is 0 Å². The van der Waals surface area contributed by atoms with Crippen molar-refractivity contribution in [2.75, 3.05) is 16.8 Å². The lowest BCUT2D eigenvalue weighted by atomic mass is 10.0. The fourth-order valence-corrected chi connectivity index (χ4v) is 6.50. The lowest BCUT2D eigenvalue weighted by Gasteiger charge is -2.15. The Balaban J connectivity index is 1.66. The molecule has 1 aliphatic heterocycles. The molecule has 3 heterocycles. The molecule has 2 aromatic heterocycles. The molecule has 0 saturated carbocycles. The summed E-state index contributed by atoms with van der Waals surface area (Å²) >= 11 is 0. The molecule has 7 nitrogen and oxygen atoms in total. The molecule has 0 bridgehead atoms. The van der Waals surface area contributed by atoms with Crippen molar-refractivity contribution in [3.63, 3.8) is 0 Å². The van der Waals surface area contributed by atoms with Crippen LogP contribution < -0.4 is 5.32 Å². The Kier molecular flexibility index (Phi) is 6.87. The van der Waals surface area contributed by atoms with Crippen LogP contribution in [0.25, 0.3) is 22.3 Å². The van der Waals surface area contributed by atoms with Gasteiger partial charge in [0.25, 0.3) is 5.91 Å². The lowest BCUT2D eigenvalue weighted by molar-refractivity contribution is -0.143. The number of benzene rings is 2. The number of nitrogens with zero attached hydrogens (tertiary/aromatic N) is 3. The molecular formula is C27H22F6N4O3S. The highest BCUT2D eigenvalue weighted by Crippen LogP contribution is 2.38. The second kappa shape index (κ2) is 9.86. The second-order valence-corrected chi connectivity index (χ2v) is 12.2. The number of carbonyl (C=O) groups is 1. The standard InChI is InChI=1S/C27H22F6N4O3S/c1-14-3-5-16(6-4-14)22-12-21(23-15(2)36-37(24(23)35-22)20-7-8-41(39,40)13-20)25(38)34-19-10-17(26(28,29)30)9-18(11-19)27(31,32)33/h3-6,9-12,20H,7-8,13H2,1-2H3,(H,34,38). The minimum Gasteiger partial charge on any atom is -0.322 e. The van der Waals surface area contributed by atoms with Crippen molar-refractivity contribution in [2.24, 2.45) is 0 Å². The molecule has 1 fully saturated rings. The number of alkyl halides is 6. The maximum absolute atomic E-state index is 13.5. The number of nitrogens with one attached hydrogen (secondary N) is 1. The summed E-state index contributed by atoms with van der Waals surface area (Å²) in [5, 5.41) is 6.82. The molecule has 4 aromatic rings. The minimum absolute atomic E-state index is 0.0281. The smallest absolute Gasteiger partial charge is 0.322 e. The van der Waals surface area contributed by atoms with Gasteiger partial charge in [0.05, 0.1) is 51.0 Å². The number of anilines is 1. The monoisotopic (exact) mass is 596 g/mol. The van der Waals surface area contributed by atoms with E-state index in [1.54, 1.807) is 31.2 Å². The molecule has 1 unspecified atom stereocenters. The maximum atomic E-state index is 13.5. The number of fused-ring (bicyclic) bond motifs is 1. The van der Waals surface area contributed by atoms with E-state index in [1.807, 2.05) is 6.92 Å². The number of hydrogen-bond acceptors (Lipinski definition) is 5. The fraction of sp³-hybridized carbons (Fsp3) is 0.296. The SMILES string of the molecule is Cc1ccc(-c2cc(C(=O)Nc3cc(C(F)(F)F)cc(C(F)(F)F)c3)c3c(C)nn(C4CCS(=O)(=O)C4)c3n2)cc1. The highest BCUT2D eigenvalue weighted by atomic mass is 32.2. The molecule has 1 saturated heterocycles. The van der Waals surface area contributed by atoms with E-state index in [0.29, 0.717) is 17.7 Å². The quantitative estimate of drug-likeness (QED) is 0.277. The molecule has 1 atom stereocenters. The second-order valence-electron chi connectivity index (χ2n) is 9.96. The number of carbonyl (C=O) groups excluding carboxylic acids is 1. The van der Waals surface area contributed by atoms with Crippen LogP contribution in [0.15, 0.2) is 48.5 Å². The Bertz CT molecular complexity index is 1750. The van der Waals surface area contributed by atoms with Gasteiger partial charge in [-0.2, -0.15) is 31.4 Å². The van der Waals surface area contributed by atoms with Gasteiger partial charge in [0.2, 0.25) is 0 Å². The van der Waals surface area contributed by atoms with Gasteiger partial charge >= 0.3 is 12.4 Å². The van der Waals surface area contributed by atoms with E-state index in [9.17, 15) is 39.6 Å². The third-order valence-corrected chi connectivity index (χ3v) is 8.58. The fourth-order valence-electron chi connectivity index (χ4n) is 4.81. The first-order valence-corrected chi connectivity index (χ1v) is 14.1. The summed E-state index contributed by atoms with van der Waals surface area (Å²) in [5.41, 5.74) is -1.69. The molecule has 216 valence electrons. The molecule has 1 N–H and O–H groups in total. The van der Waals surface area contributed by atoms with Crippen LogP contribution in [0.4, 0.5) is 32.0 Å². The van der Waals surface area contributed by atoms with E-state index in [0.717, 1.165) is 5.56 Å². The van der Waals surface area contributed by atoms with Crippen molar-refractivity contribution in [3.05, 3.63) is 76.5 Å². The van der Waals surface area contributed by atoms with Crippen molar-refractivity contribution >= 4 is 32.5 Å². The van der Waals surface area contributed by atoms with Crippen LogP contribution in [0.3, 0.4) is 0 Å². The Morgan fingerprint density at radius 1 is 0.951 bits per heavy atom. The van der Waals surface area contributed by atoms with Crippen LogP contribution >= 0.6 is 0 Å². The number of rotatable bonds is 4.